The van der Waals surface area contributed by atoms with Gasteiger partial charge in [-0.05, 0) is 31.2 Å². The minimum Gasteiger partial charge on any atom is -0.465 e. The third-order valence-electron chi connectivity index (χ3n) is 4.58. The number of para-hydroxylation sites is 1. The zero-order valence-electron chi connectivity index (χ0n) is 17.9. The Hall–Kier alpha value is -3.66. The number of nitrogens with zero attached hydrogens (tertiary/aromatic N) is 3. The molecule has 0 bridgehead atoms. The molecule has 3 aromatic rings. The number of anilines is 1. The molecular weight excluding hydrogens is 430 g/mol. The van der Waals surface area contributed by atoms with Crippen LogP contribution in [-0.2, 0) is 16.6 Å². The van der Waals surface area contributed by atoms with Crippen molar-refractivity contribution in [2.75, 3.05) is 18.2 Å². The number of hydrogen-bond donors (Lipinski definition) is 2. The van der Waals surface area contributed by atoms with E-state index in [0.717, 1.165) is 0 Å². The van der Waals surface area contributed by atoms with Gasteiger partial charge in [-0.3, -0.25) is 9.59 Å². The zero-order valence-corrected chi connectivity index (χ0v) is 18.7. The lowest BCUT2D eigenvalue weighted by Crippen LogP contribution is -2.28. The Morgan fingerprint density at radius 2 is 1.75 bits per heavy atom. The number of benzene rings is 2. The number of thioether (sulfide) groups is 1. The van der Waals surface area contributed by atoms with Crippen molar-refractivity contribution in [1.29, 1.82) is 0 Å². The Labute approximate surface area is 189 Å². The van der Waals surface area contributed by atoms with E-state index in [1.54, 1.807) is 60.1 Å². The highest BCUT2D eigenvalue weighted by Gasteiger charge is 2.19. The van der Waals surface area contributed by atoms with Gasteiger partial charge >= 0.3 is 5.97 Å². The van der Waals surface area contributed by atoms with Crippen molar-refractivity contribution in [1.82, 2.24) is 20.1 Å². The van der Waals surface area contributed by atoms with Crippen LogP contribution in [0.3, 0.4) is 0 Å². The summed E-state index contributed by atoms with van der Waals surface area (Å²) in [6.45, 7) is 1.82. The van der Waals surface area contributed by atoms with E-state index >= 15 is 0 Å². The fourth-order valence-corrected chi connectivity index (χ4v) is 3.68. The molecule has 1 atom stereocenters. The average molecular weight is 454 g/mol. The van der Waals surface area contributed by atoms with Crippen molar-refractivity contribution < 1.29 is 19.1 Å². The summed E-state index contributed by atoms with van der Waals surface area (Å²) >= 11 is 1.20. The molecule has 0 saturated heterocycles. The minimum absolute atomic E-state index is 0.0617. The summed E-state index contributed by atoms with van der Waals surface area (Å²) in [6, 6.07) is 15.1. The van der Waals surface area contributed by atoms with Gasteiger partial charge < -0.3 is 19.9 Å². The molecule has 0 aliphatic heterocycles. The summed E-state index contributed by atoms with van der Waals surface area (Å²) in [5.74, 6) is -0.418. The predicted molar refractivity (Wildman–Crippen MR) is 120 cm³/mol. The van der Waals surface area contributed by atoms with Gasteiger partial charge in [-0.1, -0.05) is 42.1 Å². The first-order valence-electron chi connectivity index (χ1n) is 9.76. The maximum atomic E-state index is 12.4. The standard InChI is InChI=1S/C22H23N5O4S/c1-14(23-20(29)15-9-5-4-6-10-15)19-25-26-22(27(19)2)32-13-18(28)24-17-12-8-7-11-16(17)21(30)31-3/h4-12,14H,13H2,1-3H3,(H,23,29)(H,24,28)/t14-/m1/s1. The van der Waals surface area contributed by atoms with E-state index in [1.165, 1.54) is 18.9 Å². The van der Waals surface area contributed by atoms with Crippen LogP contribution in [0.5, 0.6) is 0 Å². The van der Waals surface area contributed by atoms with Gasteiger partial charge in [-0.25, -0.2) is 4.79 Å². The van der Waals surface area contributed by atoms with Crippen LogP contribution in [0.15, 0.2) is 59.8 Å². The highest BCUT2D eigenvalue weighted by molar-refractivity contribution is 7.99. The molecule has 0 spiro atoms. The number of rotatable bonds is 8. The van der Waals surface area contributed by atoms with Crippen molar-refractivity contribution in [2.45, 2.75) is 18.1 Å². The Kier molecular flexibility index (Phi) is 7.61. The van der Waals surface area contributed by atoms with E-state index in [4.69, 9.17) is 4.74 Å². The number of nitrogens with one attached hydrogen (secondary N) is 2. The Morgan fingerprint density at radius 3 is 2.47 bits per heavy atom. The lowest BCUT2D eigenvalue weighted by atomic mass is 10.2. The summed E-state index contributed by atoms with van der Waals surface area (Å²) in [5, 5.41) is 14.4. The molecule has 0 radical (unpaired) electrons. The number of amides is 2. The summed E-state index contributed by atoms with van der Waals surface area (Å²) in [6.07, 6.45) is 0. The first kappa shape index (κ1) is 23.0. The quantitative estimate of drug-likeness (QED) is 0.398. The van der Waals surface area contributed by atoms with Crippen LogP contribution in [0.25, 0.3) is 0 Å². The van der Waals surface area contributed by atoms with Crippen LogP contribution in [0.1, 0.15) is 39.5 Å². The smallest absolute Gasteiger partial charge is 0.339 e. The molecule has 166 valence electrons. The number of aromatic nitrogens is 3. The molecule has 0 unspecified atom stereocenters. The largest absolute Gasteiger partial charge is 0.465 e. The Morgan fingerprint density at radius 1 is 1.06 bits per heavy atom. The van der Waals surface area contributed by atoms with Gasteiger partial charge in [0.15, 0.2) is 11.0 Å². The van der Waals surface area contributed by atoms with Gasteiger partial charge in [0.2, 0.25) is 5.91 Å². The topological polar surface area (TPSA) is 115 Å². The number of carbonyl (C=O) groups excluding carboxylic acids is 3. The number of methoxy groups -OCH3 is 1. The van der Waals surface area contributed by atoms with Gasteiger partial charge in [-0.15, -0.1) is 10.2 Å². The summed E-state index contributed by atoms with van der Waals surface area (Å²) in [4.78, 5) is 36.6. The second-order valence-corrected chi connectivity index (χ2v) is 7.78. The Balaban J connectivity index is 1.60. The van der Waals surface area contributed by atoms with E-state index in [-0.39, 0.29) is 29.2 Å². The molecule has 9 nitrogen and oxygen atoms in total. The second-order valence-electron chi connectivity index (χ2n) is 6.83. The molecule has 3 rings (SSSR count). The summed E-state index contributed by atoms with van der Waals surface area (Å²) in [5.41, 5.74) is 1.21. The fourth-order valence-electron chi connectivity index (χ4n) is 2.96. The van der Waals surface area contributed by atoms with Crippen LogP contribution < -0.4 is 10.6 Å². The molecule has 2 aromatic carbocycles. The van der Waals surface area contributed by atoms with E-state index in [1.807, 2.05) is 13.0 Å². The van der Waals surface area contributed by atoms with Crippen LogP contribution in [0, 0.1) is 0 Å². The highest BCUT2D eigenvalue weighted by atomic mass is 32.2. The monoisotopic (exact) mass is 453 g/mol. The van der Waals surface area contributed by atoms with Crippen LogP contribution in [0.4, 0.5) is 5.69 Å². The van der Waals surface area contributed by atoms with Crippen molar-refractivity contribution in [2.24, 2.45) is 7.05 Å². The predicted octanol–water partition coefficient (Wildman–Crippen LogP) is 2.82. The number of hydrogen-bond acceptors (Lipinski definition) is 7. The van der Waals surface area contributed by atoms with Crippen molar-refractivity contribution in [3.63, 3.8) is 0 Å². The lowest BCUT2D eigenvalue weighted by molar-refractivity contribution is -0.113. The average Bonchev–Trinajstić information content (AvgIpc) is 3.18. The summed E-state index contributed by atoms with van der Waals surface area (Å²) < 4.78 is 6.47. The molecule has 1 heterocycles. The molecule has 2 amide bonds. The van der Waals surface area contributed by atoms with E-state index < -0.39 is 5.97 Å². The molecule has 2 N–H and O–H groups in total. The molecular formula is C22H23N5O4S. The van der Waals surface area contributed by atoms with E-state index in [0.29, 0.717) is 22.2 Å². The van der Waals surface area contributed by atoms with Gasteiger partial charge in [0.1, 0.15) is 0 Å². The van der Waals surface area contributed by atoms with Crippen molar-refractivity contribution in [3.05, 3.63) is 71.5 Å². The molecule has 32 heavy (non-hydrogen) atoms. The number of esters is 1. The lowest BCUT2D eigenvalue weighted by Gasteiger charge is -2.13. The normalized spacial score (nSPS) is 11.5. The van der Waals surface area contributed by atoms with Crippen LogP contribution in [-0.4, -0.2) is 45.4 Å². The molecule has 0 fully saturated rings. The number of carbonyl (C=O) groups is 3. The van der Waals surface area contributed by atoms with Crippen LogP contribution >= 0.6 is 11.8 Å². The molecule has 10 heteroatoms. The maximum absolute atomic E-state index is 12.4. The SMILES string of the molecule is COC(=O)c1ccccc1NC(=O)CSc1nnc([C@@H](C)NC(=O)c2ccccc2)n1C. The third kappa shape index (κ3) is 5.52. The maximum Gasteiger partial charge on any atom is 0.339 e. The highest BCUT2D eigenvalue weighted by Crippen LogP contribution is 2.21. The van der Waals surface area contributed by atoms with E-state index in [2.05, 4.69) is 20.8 Å². The third-order valence-corrected chi connectivity index (χ3v) is 5.60. The molecule has 1 aromatic heterocycles. The minimum atomic E-state index is -0.530. The van der Waals surface area contributed by atoms with Crippen LogP contribution in [0.2, 0.25) is 0 Å². The number of ether oxygens (including phenoxy) is 1. The summed E-state index contributed by atoms with van der Waals surface area (Å²) in [7, 11) is 3.05. The van der Waals surface area contributed by atoms with Gasteiger partial charge in [0, 0.05) is 12.6 Å². The zero-order chi connectivity index (χ0) is 23.1. The van der Waals surface area contributed by atoms with Gasteiger partial charge in [-0.2, -0.15) is 0 Å². The second kappa shape index (κ2) is 10.6. The molecule has 0 aliphatic rings. The van der Waals surface area contributed by atoms with Crippen molar-refractivity contribution >= 4 is 35.2 Å². The molecule has 0 saturated carbocycles. The van der Waals surface area contributed by atoms with Gasteiger partial charge in [0.05, 0.1) is 30.2 Å². The Bertz CT molecular complexity index is 1120. The first-order chi connectivity index (χ1) is 15.4. The fraction of sp³-hybridized carbons (Fsp3) is 0.227. The molecule has 0 aliphatic carbocycles. The van der Waals surface area contributed by atoms with Crippen molar-refractivity contribution in [3.8, 4) is 0 Å². The first-order valence-corrected chi connectivity index (χ1v) is 10.7. The van der Waals surface area contributed by atoms with Gasteiger partial charge in [0.25, 0.3) is 5.91 Å². The van der Waals surface area contributed by atoms with E-state index in [9.17, 15) is 14.4 Å².